The Morgan fingerprint density at radius 1 is 0.400 bits per heavy atom. The first-order chi connectivity index (χ1) is 11.4. The maximum absolute atomic E-state index is 8.76. The Balaban J connectivity index is 0.000000339. The zero-order chi connectivity index (χ0) is 17.9. The van der Waals surface area contributed by atoms with Crippen molar-refractivity contribution in [2.45, 2.75) is 20.8 Å². The van der Waals surface area contributed by atoms with Crippen LogP contribution in [0.3, 0.4) is 0 Å². The molecule has 3 N–H and O–H groups in total. The molecule has 0 saturated carbocycles. The van der Waals surface area contributed by atoms with Gasteiger partial charge < -0.3 is 15.3 Å². The second-order valence-electron chi connectivity index (χ2n) is 5.51. The topological polar surface area (TPSA) is 60.7 Å². The number of hydrogen-bond acceptors (Lipinski definition) is 3. The van der Waals surface area contributed by atoms with E-state index >= 15 is 0 Å². The molecule has 136 valence electrons. The number of rotatable bonds is 0. The SMILES string of the molecule is Cc1ccc(O)cc1.Cc1ccc(O)cc1.Cc1ccc(O)cc1.[Dy]. The van der Waals surface area contributed by atoms with Crippen molar-refractivity contribution in [3.8, 4) is 17.2 Å². The molecule has 0 amide bonds. The van der Waals surface area contributed by atoms with Gasteiger partial charge in [-0.2, -0.15) is 0 Å². The average molecular weight is 487 g/mol. The molecule has 25 heavy (non-hydrogen) atoms. The molecular formula is C21H24DyO3. The van der Waals surface area contributed by atoms with Crippen molar-refractivity contribution in [2.24, 2.45) is 0 Å². The van der Waals surface area contributed by atoms with E-state index in [-0.39, 0.29) is 38.2 Å². The van der Waals surface area contributed by atoms with Gasteiger partial charge in [0.05, 0.1) is 0 Å². The van der Waals surface area contributed by atoms with Gasteiger partial charge >= 0.3 is 0 Å². The van der Waals surface area contributed by atoms with Gasteiger partial charge in [-0.25, -0.2) is 0 Å². The zero-order valence-electron chi connectivity index (χ0n) is 14.6. The van der Waals surface area contributed by atoms with Crippen molar-refractivity contribution in [1.82, 2.24) is 0 Å². The van der Waals surface area contributed by atoms with E-state index in [9.17, 15) is 0 Å². The Hall–Kier alpha value is -1.67. The number of benzene rings is 3. The first-order valence-electron chi connectivity index (χ1n) is 7.63. The smallest absolute Gasteiger partial charge is 0.115 e. The summed E-state index contributed by atoms with van der Waals surface area (Å²) >= 11 is 0. The fourth-order valence-corrected chi connectivity index (χ4v) is 1.63. The van der Waals surface area contributed by atoms with Gasteiger partial charge in [-0.3, -0.25) is 0 Å². The van der Waals surface area contributed by atoms with Crippen LogP contribution in [0.5, 0.6) is 17.2 Å². The normalized spacial score (nSPS) is 8.76. The molecule has 0 aromatic heterocycles. The minimum absolute atomic E-state index is 0. The zero-order valence-corrected chi connectivity index (χ0v) is 16.6. The van der Waals surface area contributed by atoms with E-state index in [2.05, 4.69) is 0 Å². The summed E-state index contributed by atoms with van der Waals surface area (Å²) in [4.78, 5) is 0. The third-order valence-corrected chi connectivity index (χ3v) is 3.10. The second-order valence-corrected chi connectivity index (χ2v) is 5.51. The molecule has 0 radical (unpaired) electrons. The molecule has 3 rings (SSSR count). The standard InChI is InChI=1S/3C7H8O.Dy/c3*1-6-2-4-7(8)5-3-6;/h3*2-5,8H,1H3;. The van der Waals surface area contributed by atoms with E-state index in [1.165, 1.54) is 16.7 Å². The van der Waals surface area contributed by atoms with Gasteiger partial charge in [-0.05, 0) is 57.2 Å². The van der Waals surface area contributed by atoms with E-state index in [0.717, 1.165) is 0 Å². The molecule has 0 atom stereocenters. The predicted molar refractivity (Wildman–Crippen MR) is 98.5 cm³/mol. The fraction of sp³-hybridized carbons (Fsp3) is 0.143. The summed E-state index contributed by atoms with van der Waals surface area (Å²) < 4.78 is 0. The van der Waals surface area contributed by atoms with Crippen LogP contribution in [0.1, 0.15) is 16.7 Å². The molecule has 0 heterocycles. The van der Waals surface area contributed by atoms with E-state index < -0.39 is 0 Å². The molecule has 0 unspecified atom stereocenters. The minimum atomic E-state index is 0. The first kappa shape index (κ1) is 23.3. The Morgan fingerprint density at radius 3 is 0.680 bits per heavy atom. The largest absolute Gasteiger partial charge is 0.508 e. The van der Waals surface area contributed by atoms with Crippen LogP contribution in [-0.2, 0) is 0 Å². The summed E-state index contributed by atoms with van der Waals surface area (Å²) in [6.07, 6.45) is 0. The molecule has 0 spiro atoms. The monoisotopic (exact) mass is 488 g/mol. The number of aryl methyl sites for hydroxylation is 3. The summed E-state index contributed by atoms with van der Waals surface area (Å²) in [5, 5.41) is 26.3. The van der Waals surface area contributed by atoms with Crippen molar-refractivity contribution in [2.75, 3.05) is 0 Å². The summed E-state index contributed by atoms with van der Waals surface area (Å²) in [7, 11) is 0. The molecule has 0 bridgehead atoms. The van der Waals surface area contributed by atoms with Gasteiger partial charge in [0.25, 0.3) is 0 Å². The van der Waals surface area contributed by atoms with Crippen LogP contribution in [0.15, 0.2) is 72.8 Å². The van der Waals surface area contributed by atoms with E-state index in [1.54, 1.807) is 36.4 Å². The van der Waals surface area contributed by atoms with Crippen molar-refractivity contribution in [3.05, 3.63) is 89.5 Å². The predicted octanol–water partition coefficient (Wildman–Crippen LogP) is 5.10. The molecule has 3 aromatic carbocycles. The quantitative estimate of drug-likeness (QED) is 0.414. The van der Waals surface area contributed by atoms with Crippen molar-refractivity contribution < 1.29 is 53.5 Å². The van der Waals surface area contributed by atoms with E-state index in [1.807, 2.05) is 57.2 Å². The van der Waals surface area contributed by atoms with Gasteiger partial charge in [0.2, 0.25) is 0 Å². The van der Waals surface area contributed by atoms with Crippen molar-refractivity contribution >= 4 is 0 Å². The molecule has 0 aliphatic carbocycles. The summed E-state index contributed by atoms with van der Waals surface area (Å²) in [6.45, 7) is 5.96. The number of phenolic OH excluding ortho intramolecular Hbond substituents is 3. The van der Waals surface area contributed by atoms with Crippen LogP contribution in [0.25, 0.3) is 0 Å². The molecule has 4 heteroatoms. The Labute approximate surface area is 180 Å². The Kier molecular flexibility index (Phi) is 11.8. The maximum atomic E-state index is 8.76. The van der Waals surface area contributed by atoms with Crippen LogP contribution in [0.4, 0.5) is 0 Å². The van der Waals surface area contributed by atoms with E-state index in [4.69, 9.17) is 15.3 Å². The number of aromatic hydroxyl groups is 3. The third-order valence-electron chi connectivity index (χ3n) is 3.10. The minimum Gasteiger partial charge on any atom is -0.508 e. The second kappa shape index (κ2) is 12.7. The summed E-state index contributed by atoms with van der Waals surface area (Å²) in [5.41, 5.74) is 3.51. The Morgan fingerprint density at radius 2 is 0.560 bits per heavy atom. The van der Waals surface area contributed by atoms with Gasteiger partial charge in [0.15, 0.2) is 0 Å². The molecule has 3 aromatic rings. The van der Waals surface area contributed by atoms with Crippen LogP contribution >= 0.6 is 0 Å². The molecule has 0 aliphatic rings. The first-order valence-corrected chi connectivity index (χ1v) is 7.63. The van der Waals surface area contributed by atoms with Crippen molar-refractivity contribution in [3.63, 3.8) is 0 Å². The Bertz CT molecular complexity index is 539. The molecular weight excluding hydrogens is 463 g/mol. The van der Waals surface area contributed by atoms with Gasteiger partial charge in [-0.1, -0.05) is 53.1 Å². The van der Waals surface area contributed by atoms with Gasteiger partial charge in [-0.15, -0.1) is 0 Å². The fourth-order valence-electron chi connectivity index (χ4n) is 1.63. The summed E-state index contributed by atoms with van der Waals surface area (Å²) in [5.74, 6) is 0.988. The molecule has 3 nitrogen and oxygen atoms in total. The molecule has 0 fully saturated rings. The average Bonchev–Trinajstić information content (AvgIpc) is 2.57. The number of phenols is 3. The molecule has 0 saturated heterocycles. The van der Waals surface area contributed by atoms with Crippen LogP contribution < -0.4 is 0 Å². The number of hydrogen-bond donors (Lipinski definition) is 3. The van der Waals surface area contributed by atoms with Crippen LogP contribution in [0.2, 0.25) is 0 Å². The van der Waals surface area contributed by atoms with Gasteiger partial charge in [0.1, 0.15) is 17.2 Å². The third kappa shape index (κ3) is 11.5. The molecule has 0 aliphatic heterocycles. The van der Waals surface area contributed by atoms with Crippen molar-refractivity contribution in [1.29, 1.82) is 0 Å². The summed E-state index contributed by atoms with van der Waals surface area (Å²) in [6, 6.07) is 21.3. The maximum Gasteiger partial charge on any atom is 0.115 e. The van der Waals surface area contributed by atoms with E-state index in [0.29, 0.717) is 17.2 Å². The van der Waals surface area contributed by atoms with Crippen LogP contribution in [-0.4, -0.2) is 15.3 Å². The van der Waals surface area contributed by atoms with Gasteiger partial charge in [0, 0.05) is 38.2 Å². The van der Waals surface area contributed by atoms with Crippen LogP contribution in [0, 0.1) is 58.9 Å².